The minimum atomic E-state index is -0.248. The fourth-order valence-electron chi connectivity index (χ4n) is 1.59. The van der Waals surface area contributed by atoms with Crippen molar-refractivity contribution < 1.29 is 9.53 Å². The molecule has 0 fully saturated rings. The summed E-state index contributed by atoms with van der Waals surface area (Å²) < 4.78 is 4.79. The van der Waals surface area contributed by atoms with Crippen LogP contribution in [0.1, 0.15) is 31.0 Å². The van der Waals surface area contributed by atoms with E-state index in [1.54, 1.807) is 11.3 Å². The van der Waals surface area contributed by atoms with E-state index in [9.17, 15) is 4.79 Å². The van der Waals surface area contributed by atoms with Crippen LogP contribution in [0.4, 0.5) is 0 Å². The summed E-state index contributed by atoms with van der Waals surface area (Å²) in [6.45, 7) is 6.76. The molecular weight excluding hydrogens is 236 g/mol. The van der Waals surface area contributed by atoms with Crippen molar-refractivity contribution in [2.75, 3.05) is 7.11 Å². The highest BCUT2D eigenvalue weighted by Crippen LogP contribution is 2.10. The summed E-state index contributed by atoms with van der Waals surface area (Å²) in [6.07, 6.45) is 0.774. The average molecular weight is 256 g/mol. The molecule has 0 bridgehead atoms. The number of carbonyl (C=O) groups excluding carboxylic acids is 1. The van der Waals surface area contributed by atoms with Crippen LogP contribution in [0.2, 0.25) is 0 Å². The maximum Gasteiger partial charge on any atom is 0.322 e. The minimum absolute atomic E-state index is 0.203. The van der Waals surface area contributed by atoms with Gasteiger partial charge in [-0.15, -0.1) is 11.3 Å². The van der Waals surface area contributed by atoms with E-state index in [1.165, 1.54) is 7.11 Å². The first-order valence-electron chi connectivity index (χ1n) is 5.75. The fraction of sp³-hybridized carbons (Fsp3) is 0.667. The molecule has 0 aliphatic carbocycles. The topological polar surface area (TPSA) is 51.2 Å². The van der Waals surface area contributed by atoms with Crippen LogP contribution >= 0.6 is 11.3 Å². The summed E-state index contributed by atoms with van der Waals surface area (Å²) in [7, 11) is 1.42. The molecular formula is C12H20N2O2S. The molecule has 96 valence electrons. The third-order valence-electron chi connectivity index (χ3n) is 2.39. The van der Waals surface area contributed by atoms with Crippen molar-refractivity contribution in [2.45, 2.75) is 39.8 Å². The van der Waals surface area contributed by atoms with E-state index in [1.807, 2.05) is 12.3 Å². The first kappa shape index (κ1) is 14.1. The van der Waals surface area contributed by atoms with Gasteiger partial charge in [0.15, 0.2) is 0 Å². The Labute approximate surface area is 106 Å². The molecule has 1 unspecified atom stereocenters. The highest BCUT2D eigenvalue weighted by molar-refractivity contribution is 7.09. The zero-order chi connectivity index (χ0) is 12.8. The Kier molecular flexibility index (Phi) is 5.58. The number of nitrogens with zero attached hydrogens (tertiary/aromatic N) is 1. The highest BCUT2D eigenvalue weighted by atomic mass is 32.1. The minimum Gasteiger partial charge on any atom is -0.468 e. The van der Waals surface area contributed by atoms with Gasteiger partial charge in [-0.05, 0) is 19.3 Å². The molecule has 1 heterocycles. The third kappa shape index (κ3) is 4.83. The van der Waals surface area contributed by atoms with E-state index in [4.69, 9.17) is 4.74 Å². The van der Waals surface area contributed by atoms with Crippen LogP contribution in [0.25, 0.3) is 0 Å². The zero-order valence-electron chi connectivity index (χ0n) is 10.8. The first-order valence-corrected chi connectivity index (χ1v) is 6.63. The number of ether oxygens (including phenoxy) is 1. The van der Waals surface area contributed by atoms with Gasteiger partial charge in [0.05, 0.1) is 17.8 Å². The third-order valence-corrected chi connectivity index (χ3v) is 3.21. The van der Waals surface area contributed by atoms with Crippen molar-refractivity contribution in [1.82, 2.24) is 10.3 Å². The second-order valence-corrected chi connectivity index (χ2v) is 5.51. The van der Waals surface area contributed by atoms with Crippen molar-refractivity contribution in [3.05, 3.63) is 16.1 Å². The van der Waals surface area contributed by atoms with Gasteiger partial charge in [-0.3, -0.25) is 10.1 Å². The van der Waals surface area contributed by atoms with E-state index >= 15 is 0 Å². The van der Waals surface area contributed by atoms with Crippen LogP contribution in [0.15, 0.2) is 5.38 Å². The molecule has 5 heteroatoms. The quantitative estimate of drug-likeness (QED) is 0.792. The Balaban J connectivity index is 2.51. The number of rotatable bonds is 6. The Morgan fingerprint density at radius 1 is 1.59 bits per heavy atom. The molecule has 0 radical (unpaired) electrons. The second-order valence-electron chi connectivity index (χ2n) is 4.44. The smallest absolute Gasteiger partial charge is 0.322 e. The summed E-state index contributed by atoms with van der Waals surface area (Å²) in [6, 6.07) is -0.248. The van der Waals surface area contributed by atoms with Crippen LogP contribution in [0.5, 0.6) is 0 Å². The molecule has 1 rings (SSSR count). The molecule has 0 amide bonds. The monoisotopic (exact) mass is 256 g/mol. The molecule has 1 aromatic heterocycles. The number of thiazole rings is 1. The van der Waals surface area contributed by atoms with Gasteiger partial charge in [0.2, 0.25) is 0 Å². The molecule has 17 heavy (non-hydrogen) atoms. The van der Waals surface area contributed by atoms with Crippen LogP contribution in [-0.4, -0.2) is 24.1 Å². The van der Waals surface area contributed by atoms with E-state index in [0.29, 0.717) is 12.5 Å². The van der Waals surface area contributed by atoms with Gasteiger partial charge in [-0.2, -0.15) is 0 Å². The maximum absolute atomic E-state index is 11.6. The largest absolute Gasteiger partial charge is 0.468 e. The number of esters is 1. The van der Waals surface area contributed by atoms with Crippen molar-refractivity contribution in [2.24, 2.45) is 5.92 Å². The van der Waals surface area contributed by atoms with Crippen molar-refractivity contribution >= 4 is 17.3 Å². The Morgan fingerprint density at radius 2 is 2.29 bits per heavy atom. The molecule has 0 aromatic carbocycles. The van der Waals surface area contributed by atoms with Gasteiger partial charge >= 0.3 is 5.97 Å². The number of nitrogens with one attached hydrogen (secondary N) is 1. The zero-order valence-corrected chi connectivity index (χ0v) is 11.6. The molecule has 0 saturated carbocycles. The van der Waals surface area contributed by atoms with Gasteiger partial charge in [-0.25, -0.2) is 4.98 Å². The average Bonchev–Trinajstić information content (AvgIpc) is 2.68. The summed E-state index contributed by atoms with van der Waals surface area (Å²) in [4.78, 5) is 15.9. The number of aryl methyl sites for hydroxylation is 1. The standard InChI is InChI=1S/C12H20N2O2S/c1-8(2)5-11(12(15)16-4)13-6-10-7-17-9(3)14-10/h7-8,11,13H,5-6H2,1-4H3. The number of methoxy groups -OCH3 is 1. The number of hydrogen-bond acceptors (Lipinski definition) is 5. The molecule has 0 aliphatic rings. The lowest BCUT2D eigenvalue weighted by Gasteiger charge is -2.17. The van der Waals surface area contributed by atoms with Gasteiger partial charge < -0.3 is 4.74 Å². The SMILES string of the molecule is COC(=O)C(CC(C)C)NCc1csc(C)n1. The van der Waals surface area contributed by atoms with Gasteiger partial charge in [0.1, 0.15) is 6.04 Å². The number of hydrogen-bond donors (Lipinski definition) is 1. The Bertz CT molecular complexity index is 363. The lowest BCUT2D eigenvalue weighted by molar-refractivity contribution is -0.143. The Morgan fingerprint density at radius 3 is 2.76 bits per heavy atom. The highest BCUT2D eigenvalue weighted by Gasteiger charge is 2.19. The molecule has 0 saturated heterocycles. The molecule has 1 aromatic rings. The lowest BCUT2D eigenvalue weighted by atomic mass is 10.0. The molecule has 0 aliphatic heterocycles. The second kappa shape index (κ2) is 6.71. The number of aromatic nitrogens is 1. The fourth-order valence-corrected chi connectivity index (χ4v) is 2.21. The van der Waals surface area contributed by atoms with Crippen LogP contribution in [0.3, 0.4) is 0 Å². The molecule has 0 spiro atoms. The van der Waals surface area contributed by atoms with Crippen molar-refractivity contribution in [1.29, 1.82) is 0 Å². The van der Waals surface area contributed by atoms with Crippen LogP contribution in [-0.2, 0) is 16.1 Å². The van der Waals surface area contributed by atoms with Gasteiger partial charge in [0.25, 0.3) is 0 Å². The van der Waals surface area contributed by atoms with E-state index in [2.05, 4.69) is 24.1 Å². The molecule has 1 atom stereocenters. The van der Waals surface area contributed by atoms with E-state index in [-0.39, 0.29) is 12.0 Å². The summed E-state index contributed by atoms with van der Waals surface area (Å²) >= 11 is 1.62. The van der Waals surface area contributed by atoms with Gasteiger partial charge in [-0.1, -0.05) is 13.8 Å². The van der Waals surface area contributed by atoms with Crippen molar-refractivity contribution in [3.63, 3.8) is 0 Å². The Hall–Kier alpha value is -0.940. The number of carbonyl (C=O) groups is 1. The predicted octanol–water partition coefficient (Wildman–Crippen LogP) is 2.13. The normalized spacial score (nSPS) is 12.8. The van der Waals surface area contributed by atoms with Crippen LogP contribution in [0, 0.1) is 12.8 Å². The summed E-state index contributed by atoms with van der Waals surface area (Å²) in [5.74, 6) is 0.245. The lowest BCUT2D eigenvalue weighted by Crippen LogP contribution is -2.38. The first-order chi connectivity index (χ1) is 8.02. The molecule has 1 N–H and O–H groups in total. The molecule has 4 nitrogen and oxygen atoms in total. The van der Waals surface area contributed by atoms with Crippen LogP contribution < -0.4 is 5.32 Å². The maximum atomic E-state index is 11.6. The van der Waals surface area contributed by atoms with E-state index in [0.717, 1.165) is 17.1 Å². The van der Waals surface area contributed by atoms with Gasteiger partial charge in [0, 0.05) is 11.9 Å². The summed E-state index contributed by atoms with van der Waals surface area (Å²) in [5.41, 5.74) is 0.977. The van der Waals surface area contributed by atoms with Crippen molar-refractivity contribution in [3.8, 4) is 0 Å². The van der Waals surface area contributed by atoms with E-state index < -0.39 is 0 Å². The summed E-state index contributed by atoms with van der Waals surface area (Å²) in [5, 5.41) is 6.25. The predicted molar refractivity (Wildman–Crippen MR) is 68.9 cm³/mol.